The van der Waals surface area contributed by atoms with Gasteiger partial charge in [0.25, 0.3) is 0 Å². The number of carbonyl (C=O) groups excluding carboxylic acids is 3. The summed E-state index contributed by atoms with van der Waals surface area (Å²) in [6.07, 6.45) is 4.18. The van der Waals surface area contributed by atoms with Gasteiger partial charge in [-0.2, -0.15) is 0 Å². The number of carbonyl (C=O) groups is 3. The molecule has 2 aromatic carbocycles. The van der Waals surface area contributed by atoms with E-state index in [1.165, 1.54) is 0 Å². The summed E-state index contributed by atoms with van der Waals surface area (Å²) in [5, 5.41) is 0. The van der Waals surface area contributed by atoms with Crippen LogP contribution in [0, 0.1) is 5.92 Å². The Morgan fingerprint density at radius 3 is 2.22 bits per heavy atom. The number of ketones is 1. The highest BCUT2D eigenvalue weighted by atomic mass is 16.2. The Labute approximate surface area is 215 Å². The number of amides is 2. The van der Waals surface area contributed by atoms with Gasteiger partial charge in [-0.15, -0.1) is 0 Å². The Morgan fingerprint density at radius 2 is 1.57 bits per heavy atom. The van der Waals surface area contributed by atoms with E-state index in [0.29, 0.717) is 44.3 Å². The van der Waals surface area contributed by atoms with Crippen molar-refractivity contribution in [3.63, 3.8) is 0 Å². The number of aryl methyl sites for hydroxylation is 1. The van der Waals surface area contributed by atoms with Crippen molar-refractivity contribution in [2.45, 2.75) is 32.6 Å². The molecule has 0 spiro atoms. The van der Waals surface area contributed by atoms with Crippen molar-refractivity contribution < 1.29 is 14.4 Å². The van der Waals surface area contributed by atoms with Gasteiger partial charge in [0.1, 0.15) is 5.65 Å². The van der Waals surface area contributed by atoms with E-state index >= 15 is 0 Å². The monoisotopic (exact) mass is 494 g/mol. The number of likely N-dealkylation sites (tertiary alicyclic amines) is 1. The van der Waals surface area contributed by atoms with Crippen molar-refractivity contribution in [3.8, 4) is 22.4 Å². The number of pyridine rings is 1. The third-order valence-corrected chi connectivity index (χ3v) is 7.22. The fourth-order valence-electron chi connectivity index (χ4n) is 5.02. The zero-order chi connectivity index (χ0) is 25.9. The maximum atomic E-state index is 13.1. The number of hydrogen-bond acceptors (Lipinski definition) is 4. The highest BCUT2D eigenvalue weighted by molar-refractivity contribution is 5.94. The largest absolute Gasteiger partial charge is 0.369 e. The minimum atomic E-state index is -0.280. The molecule has 3 heterocycles. The average Bonchev–Trinajstić information content (AvgIpc) is 3.30. The molecule has 1 aliphatic rings. The lowest BCUT2D eigenvalue weighted by molar-refractivity contribution is -0.134. The maximum absolute atomic E-state index is 13.1. The number of nitrogens with two attached hydrogens (primary N) is 1. The van der Waals surface area contributed by atoms with Crippen LogP contribution in [0.15, 0.2) is 72.9 Å². The number of fused-ring (bicyclic) bond motifs is 1. The molecular formula is C30H30N4O3. The molecule has 0 atom stereocenters. The number of hydrogen-bond donors (Lipinski definition) is 1. The predicted molar refractivity (Wildman–Crippen MR) is 143 cm³/mol. The van der Waals surface area contributed by atoms with Crippen LogP contribution in [0.4, 0.5) is 0 Å². The molecule has 0 unspecified atom stereocenters. The zero-order valence-electron chi connectivity index (χ0n) is 20.9. The standard InChI is InChI=1S/C30H30N4O3/c1-20(35)21-7-9-22(10-8-21)25-11-13-27-32-29(23-5-3-2-4-6-23)26(34(27)19-25)12-14-28(36)33-17-15-24(16-18-33)30(31)37/h2-11,13,19,24H,12,14-18H2,1H3,(H2,31,37). The molecule has 0 bridgehead atoms. The Bertz CT molecular complexity index is 1450. The van der Waals surface area contributed by atoms with Crippen molar-refractivity contribution >= 4 is 23.2 Å². The second-order valence-electron chi connectivity index (χ2n) is 9.61. The van der Waals surface area contributed by atoms with E-state index in [1.54, 1.807) is 6.92 Å². The molecule has 7 nitrogen and oxygen atoms in total. The smallest absolute Gasteiger partial charge is 0.222 e. The van der Waals surface area contributed by atoms with Crippen LogP contribution in [0.5, 0.6) is 0 Å². The van der Waals surface area contributed by atoms with Gasteiger partial charge in [-0.3, -0.25) is 14.4 Å². The van der Waals surface area contributed by atoms with Crippen molar-refractivity contribution in [2.24, 2.45) is 11.7 Å². The summed E-state index contributed by atoms with van der Waals surface area (Å²) in [4.78, 5) is 43.0. The average molecular weight is 495 g/mol. The van der Waals surface area contributed by atoms with Crippen LogP contribution in [0.3, 0.4) is 0 Å². The second-order valence-corrected chi connectivity index (χ2v) is 9.61. The van der Waals surface area contributed by atoms with E-state index in [4.69, 9.17) is 10.7 Å². The van der Waals surface area contributed by atoms with Crippen LogP contribution in [0.2, 0.25) is 0 Å². The van der Waals surface area contributed by atoms with Gasteiger partial charge in [0.15, 0.2) is 5.78 Å². The van der Waals surface area contributed by atoms with Gasteiger partial charge < -0.3 is 15.0 Å². The number of Topliss-reactive ketones (excluding diaryl/α,β-unsaturated/α-hetero) is 1. The Kier molecular flexibility index (Phi) is 6.86. The van der Waals surface area contributed by atoms with E-state index in [9.17, 15) is 14.4 Å². The van der Waals surface area contributed by atoms with Gasteiger partial charge in [0.2, 0.25) is 11.8 Å². The van der Waals surface area contributed by atoms with E-state index in [2.05, 4.69) is 10.6 Å². The van der Waals surface area contributed by atoms with Gasteiger partial charge in [-0.25, -0.2) is 4.98 Å². The molecule has 188 valence electrons. The molecular weight excluding hydrogens is 464 g/mol. The number of aromatic nitrogens is 2. The van der Waals surface area contributed by atoms with Crippen LogP contribution in [-0.2, 0) is 16.0 Å². The molecule has 1 fully saturated rings. The second kappa shape index (κ2) is 10.4. The van der Waals surface area contributed by atoms with E-state index in [0.717, 1.165) is 33.7 Å². The van der Waals surface area contributed by atoms with Crippen LogP contribution >= 0.6 is 0 Å². The summed E-state index contributed by atoms with van der Waals surface area (Å²) in [7, 11) is 0. The fourth-order valence-corrected chi connectivity index (χ4v) is 5.02. The van der Waals surface area contributed by atoms with Gasteiger partial charge >= 0.3 is 0 Å². The Balaban J connectivity index is 1.45. The summed E-state index contributed by atoms with van der Waals surface area (Å²) in [6.45, 7) is 2.68. The first kappa shape index (κ1) is 24.4. The van der Waals surface area contributed by atoms with Crippen LogP contribution in [0.25, 0.3) is 28.0 Å². The maximum Gasteiger partial charge on any atom is 0.222 e. The van der Waals surface area contributed by atoms with Gasteiger partial charge in [0, 0.05) is 42.8 Å². The summed E-state index contributed by atoms with van der Waals surface area (Å²) in [5.74, 6) is -0.310. The zero-order valence-corrected chi connectivity index (χ0v) is 20.9. The molecule has 0 saturated carbocycles. The molecule has 4 aromatic rings. The Morgan fingerprint density at radius 1 is 0.892 bits per heavy atom. The van der Waals surface area contributed by atoms with Crippen LogP contribution in [-0.4, -0.2) is 45.0 Å². The topological polar surface area (TPSA) is 97.8 Å². The van der Waals surface area contributed by atoms with Crippen LogP contribution < -0.4 is 5.73 Å². The number of primary amides is 1. The molecule has 0 radical (unpaired) electrons. The highest BCUT2D eigenvalue weighted by Crippen LogP contribution is 2.29. The van der Waals surface area contributed by atoms with Crippen LogP contribution in [0.1, 0.15) is 42.2 Å². The normalized spacial score (nSPS) is 14.1. The number of rotatable bonds is 7. The van der Waals surface area contributed by atoms with Crippen molar-refractivity contribution in [3.05, 3.63) is 84.2 Å². The molecule has 2 N–H and O–H groups in total. The third kappa shape index (κ3) is 5.16. The Hall–Kier alpha value is -4.26. The molecule has 1 aliphatic heterocycles. The first-order valence-electron chi connectivity index (χ1n) is 12.7. The number of imidazole rings is 1. The summed E-state index contributed by atoms with van der Waals surface area (Å²) in [5.41, 5.74) is 11.8. The molecule has 5 rings (SSSR count). The molecule has 7 heteroatoms. The number of benzene rings is 2. The van der Waals surface area contributed by atoms with Crippen molar-refractivity contribution in [2.75, 3.05) is 13.1 Å². The van der Waals surface area contributed by atoms with Gasteiger partial charge in [-0.1, -0.05) is 54.6 Å². The summed E-state index contributed by atoms with van der Waals surface area (Å²) in [6, 6.07) is 21.6. The molecule has 2 aromatic heterocycles. The number of nitrogens with zero attached hydrogens (tertiary/aromatic N) is 3. The first-order chi connectivity index (χ1) is 17.9. The lowest BCUT2D eigenvalue weighted by Gasteiger charge is -2.30. The van der Waals surface area contributed by atoms with E-state index in [-0.39, 0.29) is 23.5 Å². The van der Waals surface area contributed by atoms with Crippen molar-refractivity contribution in [1.29, 1.82) is 0 Å². The molecule has 37 heavy (non-hydrogen) atoms. The van der Waals surface area contributed by atoms with E-state index in [1.807, 2.05) is 71.6 Å². The van der Waals surface area contributed by atoms with Crippen molar-refractivity contribution in [1.82, 2.24) is 14.3 Å². The summed E-state index contributed by atoms with van der Waals surface area (Å²) >= 11 is 0. The highest BCUT2D eigenvalue weighted by Gasteiger charge is 2.26. The number of piperidine rings is 1. The molecule has 2 amide bonds. The van der Waals surface area contributed by atoms with Gasteiger partial charge in [-0.05, 0) is 49.4 Å². The fraction of sp³-hybridized carbons (Fsp3) is 0.267. The minimum Gasteiger partial charge on any atom is -0.369 e. The molecule has 1 saturated heterocycles. The first-order valence-corrected chi connectivity index (χ1v) is 12.7. The lowest BCUT2D eigenvalue weighted by atomic mass is 9.96. The lowest BCUT2D eigenvalue weighted by Crippen LogP contribution is -2.41. The predicted octanol–water partition coefficient (Wildman–Crippen LogP) is 4.53. The van der Waals surface area contributed by atoms with E-state index < -0.39 is 0 Å². The molecule has 0 aliphatic carbocycles. The SMILES string of the molecule is CC(=O)c1ccc(-c2ccc3nc(-c4ccccc4)c(CCC(=O)N4CCC(C(N)=O)CC4)n3c2)cc1. The third-order valence-electron chi connectivity index (χ3n) is 7.22. The summed E-state index contributed by atoms with van der Waals surface area (Å²) < 4.78 is 2.07. The minimum absolute atomic E-state index is 0.0370. The quantitative estimate of drug-likeness (QED) is 0.382. The van der Waals surface area contributed by atoms with Gasteiger partial charge in [0.05, 0.1) is 11.4 Å².